The average molecular weight is 198 g/mol. The fourth-order valence-corrected chi connectivity index (χ4v) is 2.43. The molecule has 0 amide bonds. The maximum Gasteiger partial charge on any atom is 0.0252 e. The zero-order chi connectivity index (χ0) is 10.6. The molecule has 1 aliphatic rings. The minimum Gasteiger partial charge on any atom is -0.311 e. The monoisotopic (exact) mass is 198 g/mol. The minimum absolute atomic E-state index is 0.264. The van der Waals surface area contributed by atoms with Crippen LogP contribution in [0.2, 0.25) is 0 Å². The van der Waals surface area contributed by atoms with Gasteiger partial charge in [0.2, 0.25) is 0 Å². The van der Waals surface area contributed by atoms with Crippen molar-refractivity contribution in [1.29, 1.82) is 0 Å². The predicted molar refractivity (Wildman–Crippen MR) is 62.6 cm³/mol. The molecule has 1 rings (SSSR count). The van der Waals surface area contributed by atoms with Crippen LogP contribution in [0.1, 0.15) is 47.0 Å². The van der Waals surface area contributed by atoms with Crippen molar-refractivity contribution in [3.8, 4) is 0 Å². The van der Waals surface area contributed by atoms with Crippen LogP contribution in [0.4, 0.5) is 0 Å². The molecule has 2 heteroatoms. The van der Waals surface area contributed by atoms with Gasteiger partial charge < -0.3 is 5.32 Å². The van der Waals surface area contributed by atoms with E-state index in [1.165, 1.54) is 32.4 Å². The highest BCUT2D eigenvalue weighted by atomic mass is 15.2. The van der Waals surface area contributed by atoms with Gasteiger partial charge in [0.15, 0.2) is 0 Å². The Kier molecular flexibility index (Phi) is 4.39. The van der Waals surface area contributed by atoms with E-state index < -0.39 is 0 Å². The molecule has 1 aliphatic heterocycles. The van der Waals surface area contributed by atoms with Crippen molar-refractivity contribution in [3.63, 3.8) is 0 Å². The van der Waals surface area contributed by atoms with Crippen LogP contribution in [0.15, 0.2) is 0 Å². The Hall–Kier alpha value is -0.0800. The van der Waals surface area contributed by atoms with Crippen LogP contribution in [0.5, 0.6) is 0 Å². The minimum atomic E-state index is 0.264. The number of likely N-dealkylation sites (tertiary alicyclic amines) is 1. The number of likely N-dealkylation sites (N-methyl/N-ethyl adjacent to an activating group) is 1. The van der Waals surface area contributed by atoms with Crippen molar-refractivity contribution < 1.29 is 0 Å². The standard InChI is InChI=1S/C12H26N2/c1-5-13-12(3,4)10-14-9-7-6-8-11(14)2/h11,13H,5-10H2,1-4H3. The van der Waals surface area contributed by atoms with E-state index in [1.807, 2.05) is 0 Å². The molecule has 2 nitrogen and oxygen atoms in total. The zero-order valence-electron chi connectivity index (χ0n) is 10.3. The Balaban J connectivity index is 2.40. The first-order chi connectivity index (χ1) is 6.55. The Bertz CT molecular complexity index is 166. The highest BCUT2D eigenvalue weighted by Gasteiger charge is 2.25. The van der Waals surface area contributed by atoms with Gasteiger partial charge in [-0.1, -0.05) is 13.3 Å². The molecule has 0 spiro atoms. The maximum absolute atomic E-state index is 3.55. The van der Waals surface area contributed by atoms with E-state index in [-0.39, 0.29) is 5.54 Å². The number of rotatable bonds is 4. The average Bonchev–Trinajstić information content (AvgIpc) is 2.08. The van der Waals surface area contributed by atoms with E-state index in [9.17, 15) is 0 Å². The third-order valence-corrected chi connectivity index (χ3v) is 3.19. The van der Waals surface area contributed by atoms with Crippen LogP contribution in [0.25, 0.3) is 0 Å². The molecular formula is C12H26N2. The molecule has 1 N–H and O–H groups in total. The fourth-order valence-electron chi connectivity index (χ4n) is 2.43. The molecule has 1 atom stereocenters. The van der Waals surface area contributed by atoms with Gasteiger partial charge in [-0.25, -0.2) is 0 Å². The lowest BCUT2D eigenvalue weighted by Gasteiger charge is -2.39. The third-order valence-electron chi connectivity index (χ3n) is 3.19. The van der Waals surface area contributed by atoms with Crippen molar-refractivity contribution in [2.75, 3.05) is 19.6 Å². The summed E-state index contributed by atoms with van der Waals surface area (Å²) in [5, 5.41) is 3.55. The second kappa shape index (κ2) is 5.13. The number of hydrogen-bond donors (Lipinski definition) is 1. The summed E-state index contributed by atoms with van der Waals surface area (Å²) in [6, 6.07) is 0.779. The second-order valence-electron chi connectivity index (χ2n) is 5.23. The second-order valence-corrected chi connectivity index (χ2v) is 5.23. The summed E-state index contributed by atoms with van der Waals surface area (Å²) in [6.07, 6.45) is 4.17. The van der Waals surface area contributed by atoms with Crippen molar-refractivity contribution in [2.24, 2.45) is 0 Å². The summed E-state index contributed by atoms with van der Waals surface area (Å²) >= 11 is 0. The van der Waals surface area contributed by atoms with E-state index in [0.717, 1.165) is 12.6 Å². The van der Waals surface area contributed by atoms with Crippen molar-refractivity contribution >= 4 is 0 Å². The molecule has 14 heavy (non-hydrogen) atoms. The molecule has 1 heterocycles. The molecule has 0 radical (unpaired) electrons. The van der Waals surface area contributed by atoms with Crippen LogP contribution >= 0.6 is 0 Å². The van der Waals surface area contributed by atoms with E-state index in [4.69, 9.17) is 0 Å². The zero-order valence-corrected chi connectivity index (χ0v) is 10.3. The van der Waals surface area contributed by atoms with Gasteiger partial charge in [-0.05, 0) is 46.7 Å². The molecule has 0 aromatic carbocycles. The van der Waals surface area contributed by atoms with Gasteiger partial charge in [0.25, 0.3) is 0 Å². The lowest BCUT2D eigenvalue weighted by molar-refractivity contribution is 0.122. The van der Waals surface area contributed by atoms with Gasteiger partial charge in [-0.2, -0.15) is 0 Å². The summed E-state index contributed by atoms with van der Waals surface area (Å²) in [5.74, 6) is 0. The number of nitrogens with zero attached hydrogens (tertiary/aromatic N) is 1. The lowest BCUT2D eigenvalue weighted by atomic mass is 9.98. The van der Waals surface area contributed by atoms with Crippen molar-refractivity contribution in [3.05, 3.63) is 0 Å². The summed E-state index contributed by atoms with van der Waals surface area (Å²) in [6.45, 7) is 12.7. The summed E-state index contributed by atoms with van der Waals surface area (Å²) in [7, 11) is 0. The van der Waals surface area contributed by atoms with Gasteiger partial charge in [0.1, 0.15) is 0 Å². The first kappa shape index (κ1) is 12.0. The molecule has 0 aliphatic carbocycles. The fraction of sp³-hybridized carbons (Fsp3) is 1.00. The predicted octanol–water partition coefficient (Wildman–Crippen LogP) is 2.25. The Morgan fingerprint density at radius 3 is 2.64 bits per heavy atom. The van der Waals surface area contributed by atoms with E-state index in [1.54, 1.807) is 0 Å². The highest BCUT2D eigenvalue weighted by molar-refractivity contribution is 4.84. The SMILES string of the molecule is CCNC(C)(C)CN1CCCCC1C. The molecule has 0 bridgehead atoms. The topological polar surface area (TPSA) is 15.3 Å². The summed E-state index contributed by atoms with van der Waals surface area (Å²) < 4.78 is 0. The number of piperidine rings is 1. The van der Waals surface area contributed by atoms with Gasteiger partial charge in [-0.15, -0.1) is 0 Å². The summed E-state index contributed by atoms with van der Waals surface area (Å²) in [4.78, 5) is 2.63. The van der Waals surface area contributed by atoms with Crippen LogP contribution in [0, 0.1) is 0 Å². The van der Waals surface area contributed by atoms with Crippen LogP contribution in [-0.4, -0.2) is 36.1 Å². The van der Waals surface area contributed by atoms with Crippen LogP contribution < -0.4 is 5.32 Å². The molecule has 0 aromatic rings. The Morgan fingerprint density at radius 2 is 2.07 bits per heavy atom. The highest BCUT2D eigenvalue weighted by Crippen LogP contribution is 2.18. The van der Waals surface area contributed by atoms with Crippen LogP contribution in [-0.2, 0) is 0 Å². The molecule has 1 fully saturated rings. The van der Waals surface area contributed by atoms with Gasteiger partial charge in [0, 0.05) is 18.1 Å². The molecule has 0 saturated carbocycles. The van der Waals surface area contributed by atoms with Gasteiger partial charge in [-0.3, -0.25) is 4.90 Å². The summed E-state index contributed by atoms with van der Waals surface area (Å²) in [5.41, 5.74) is 0.264. The Morgan fingerprint density at radius 1 is 1.36 bits per heavy atom. The molecule has 1 saturated heterocycles. The number of nitrogens with one attached hydrogen (secondary N) is 1. The van der Waals surface area contributed by atoms with Gasteiger partial charge >= 0.3 is 0 Å². The van der Waals surface area contributed by atoms with E-state index in [2.05, 4.69) is 37.9 Å². The first-order valence-corrected chi connectivity index (χ1v) is 6.04. The lowest BCUT2D eigenvalue weighted by Crippen LogP contribution is -2.52. The quantitative estimate of drug-likeness (QED) is 0.745. The first-order valence-electron chi connectivity index (χ1n) is 6.04. The largest absolute Gasteiger partial charge is 0.311 e. The molecule has 84 valence electrons. The maximum atomic E-state index is 3.55. The van der Waals surface area contributed by atoms with Crippen molar-refractivity contribution in [2.45, 2.75) is 58.5 Å². The number of hydrogen-bond acceptors (Lipinski definition) is 2. The Labute approximate surface area is 89.1 Å². The van der Waals surface area contributed by atoms with Crippen molar-refractivity contribution in [1.82, 2.24) is 10.2 Å². The molecule has 1 unspecified atom stereocenters. The third kappa shape index (κ3) is 3.58. The van der Waals surface area contributed by atoms with E-state index in [0.29, 0.717) is 0 Å². The normalized spacial score (nSPS) is 25.3. The molecule has 0 aromatic heterocycles. The molecular weight excluding hydrogens is 172 g/mol. The van der Waals surface area contributed by atoms with Crippen LogP contribution in [0.3, 0.4) is 0 Å². The smallest absolute Gasteiger partial charge is 0.0252 e. The van der Waals surface area contributed by atoms with Gasteiger partial charge in [0.05, 0.1) is 0 Å². The van der Waals surface area contributed by atoms with E-state index >= 15 is 0 Å².